The van der Waals surface area contributed by atoms with Gasteiger partial charge in [0.2, 0.25) is 0 Å². The van der Waals surface area contributed by atoms with E-state index in [1.165, 1.54) is 0 Å². The average Bonchev–Trinajstić information content (AvgIpc) is 2.41. The van der Waals surface area contributed by atoms with Crippen molar-refractivity contribution in [1.29, 1.82) is 0 Å². The van der Waals surface area contributed by atoms with Gasteiger partial charge in [0, 0.05) is 0 Å². The Labute approximate surface area is 116 Å². The first kappa shape index (κ1) is 17.9. The number of hydrogen-bond acceptors (Lipinski definition) is 4. The van der Waals surface area contributed by atoms with Crippen molar-refractivity contribution in [2.75, 3.05) is 13.2 Å². The summed E-state index contributed by atoms with van der Waals surface area (Å²) in [6, 6.07) is 0. The van der Waals surface area contributed by atoms with Gasteiger partial charge in [0.1, 0.15) is 0 Å². The maximum atomic E-state index is 12.3. The van der Waals surface area contributed by atoms with Gasteiger partial charge in [0.15, 0.2) is 5.41 Å². The number of rotatable bonds is 10. The Bertz CT molecular complexity index is 245. The summed E-state index contributed by atoms with van der Waals surface area (Å²) in [4.78, 5) is 24.6. The van der Waals surface area contributed by atoms with E-state index < -0.39 is 17.4 Å². The van der Waals surface area contributed by atoms with Crippen LogP contribution in [0.25, 0.3) is 0 Å². The highest BCUT2D eigenvalue weighted by atomic mass is 16.6. The van der Waals surface area contributed by atoms with E-state index in [4.69, 9.17) is 9.47 Å². The van der Waals surface area contributed by atoms with E-state index in [1.54, 1.807) is 0 Å². The van der Waals surface area contributed by atoms with Crippen LogP contribution >= 0.6 is 0 Å². The lowest BCUT2D eigenvalue weighted by atomic mass is 9.79. The van der Waals surface area contributed by atoms with Crippen molar-refractivity contribution >= 4 is 11.9 Å². The Morgan fingerprint density at radius 1 is 0.737 bits per heavy atom. The normalized spacial score (nSPS) is 11.2. The molecular formula is C15H28O4. The van der Waals surface area contributed by atoms with E-state index in [-0.39, 0.29) is 0 Å². The summed E-state index contributed by atoms with van der Waals surface area (Å²) >= 11 is 0. The molecule has 0 aromatic rings. The van der Waals surface area contributed by atoms with E-state index in [2.05, 4.69) is 0 Å². The van der Waals surface area contributed by atoms with Gasteiger partial charge in [-0.25, -0.2) is 0 Å². The van der Waals surface area contributed by atoms with Gasteiger partial charge >= 0.3 is 11.9 Å². The van der Waals surface area contributed by atoms with Crippen LogP contribution in [0.5, 0.6) is 0 Å². The molecule has 0 aliphatic heterocycles. The first-order valence-electron chi connectivity index (χ1n) is 7.43. The van der Waals surface area contributed by atoms with Crippen LogP contribution in [0, 0.1) is 5.41 Å². The summed E-state index contributed by atoms with van der Waals surface area (Å²) < 4.78 is 10.4. The molecule has 0 saturated heterocycles. The second-order valence-electron chi connectivity index (χ2n) is 4.85. The minimum atomic E-state index is -1.10. The zero-order valence-electron chi connectivity index (χ0n) is 12.8. The Balaban J connectivity index is 5.03. The molecule has 0 aliphatic carbocycles. The van der Waals surface area contributed by atoms with Crippen LogP contribution in [0.15, 0.2) is 0 Å². The van der Waals surface area contributed by atoms with Crippen molar-refractivity contribution in [1.82, 2.24) is 0 Å². The summed E-state index contributed by atoms with van der Waals surface area (Å²) in [6.07, 6.45) is 4.00. The number of carbonyl (C=O) groups excluding carboxylic acids is 2. The second kappa shape index (κ2) is 9.82. The van der Waals surface area contributed by atoms with E-state index in [0.29, 0.717) is 26.1 Å². The number of hydrogen-bond donors (Lipinski definition) is 0. The van der Waals surface area contributed by atoms with Gasteiger partial charge in [-0.3, -0.25) is 9.59 Å². The lowest BCUT2D eigenvalue weighted by Gasteiger charge is -2.28. The SMILES string of the molecule is CCCOC(=O)C(CCC)(CCC)C(=O)OCCC. The molecule has 0 heterocycles. The van der Waals surface area contributed by atoms with Crippen LogP contribution in [0.1, 0.15) is 66.2 Å². The highest BCUT2D eigenvalue weighted by molar-refractivity contribution is 6.00. The highest BCUT2D eigenvalue weighted by Crippen LogP contribution is 2.33. The zero-order valence-corrected chi connectivity index (χ0v) is 12.8. The number of ether oxygens (including phenoxy) is 2. The van der Waals surface area contributed by atoms with Crippen molar-refractivity contribution in [2.24, 2.45) is 5.41 Å². The molecule has 0 atom stereocenters. The molecule has 0 bridgehead atoms. The third-order valence-corrected chi connectivity index (χ3v) is 3.01. The van der Waals surface area contributed by atoms with Gasteiger partial charge in [-0.05, 0) is 25.7 Å². The van der Waals surface area contributed by atoms with Crippen LogP contribution in [0.4, 0.5) is 0 Å². The predicted molar refractivity (Wildman–Crippen MR) is 74.7 cm³/mol. The molecule has 0 radical (unpaired) electrons. The zero-order chi connectivity index (χ0) is 14.7. The third-order valence-electron chi connectivity index (χ3n) is 3.01. The van der Waals surface area contributed by atoms with Gasteiger partial charge in [-0.1, -0.05) is 40.5 Å². The summed E-state index contributed by atoms with van der Waals surface area (Å²) in [6.45, 7) is 8.51. The molecular weight excluding hydrogens is 244 g/mol. The standard InChI is InChI=1S/C15H28O4/c1-5-9-15(10-6-2,13(16)18-11-7-3)14(17)19-12-8-4/h5-12H2,1-4H3. The first-order chi connectivity index (χ1) is 9.08. The van der Waals surface area contributed by atoms with Gasteiger partial charge in [0.25, 0.3) is 0 Å². The van der Waals surface area contributed by atoms with Gasteiger partial charge < -0.3 is 9.47 Å². The minimum absolute atomic E-state index is 0.356. The molecule has 0 rings (SSSR count). The summed E-state index contributed by atoms with van der Waals surface area (Å²) in [5, 5.41) is 0. The largest absolute Gasteiger partial charge is 0.465 e. The van der Waals surface area contributed by atoms with E-state index in [1.807, 2.05) is 27.7 Å². The molecule has 0 saturated carbocycles. The quantitative estimate of drug-likeness (QED) is 0.451. The molecule has 0 unspecified atom stereocenters. The fourth-order valence-electron chi connectivity index (χ4n) is 2.14. The molecule has 0 aromatic carbocycles. The highest BCUT2D eigenvalue weighted by Gasteiger charge is 2.47. The van der Waals surface area contributed by atoms with Gasteiger partial charge in [-0.15, -0.1) is 0 Å². The van der Waals surface area contributed by atoms with Crippen molar-refractivity contribution in [3.8, 4) is 0 Å². The van der Waals surface area contributed by atoms with Crippen molar-refractivity contribution in [2.45, 2.75) is 66.2 Å². The smallest absolute Gasteiger partial charge is 0.323 e. The van der Waals surface area contributed by atoms with Crippen molar-refractivity contribution < 1.29 is 19.1 Å². The summed E-state index contributed by atoms with van der Waals surface area (Å²) in [5.41, 5.74) is -1.10. The van der Waals surface area contributed by atoms with Crippen LogP contribution < -0.4 is 0 Å². The third kappa shape index (κ3) is 5.21. The van der Waals surface area contributed by atoms with Crippen molar-refractivity contribution in [3.63, 3.8) is 0 Å². The maximum Gasteiger partial charge on any atom is 0.323 e. The lowest BCUT2D eigenvalue weighted by molar-refractivity contribution is -0.174. The van der Waals surface area contributed by atoms with Gasteiger partial charge in [-0.2, -0.15) is 0 Å². The van der Waals surface area contributed by atoms with E-state index in [9.17, 15) is 9.59 Å². The van der Waals surface area contributed by atoms with Crippen LogP contribution in [-0.2, 0) is 19.1 Å². The molecule has 4 nitrogen and oxygen atoms in total. The van der Waals surface area contributed by atoms with Crippen LogP contribution in [0.3, 0.4) is 0 Å². The van der Waals surface area contributed by atoms with Crippen LogP contribution in [0.2, 0.25) is 0 Å². The Morgan fingerprint density at radius 2 is 1.11 bits per heavy atom. The average molecular weight is 272 g/mol. The summed E-state index contributed by atoms with van der Waals surface area (Å²) in [7, 11) is 0. The minimum Gasteiger partial charge on any atom is -0.465 e. The molecule has 0 spiro atoms. The number of carbonyl (C=O) groups is 2. The molecule has 19 heavy (non-hydrogen) atoms. The van der Waals surface area contributed by atoms with E-state index in [0.717, 1.165) is 25.7 Å². The monoisotopic (exact) mass is 272 g/mol. The molecule has 0 fully saturated rings. The predicted octanol–water partition coefficient (Wildman–Crippen LogP) is 3.48. The molecule has 0 amide bonds. The molecule has 112 valence electrons. The fraction of sp³-hybridized carbons (Fsp3) is 0.867. The fourth-order valence-corrected chi connectivity index (χ4v) is 2.14. The Kier molecular flexibility index (Phi) is 9.27. The summed E-state index contributed by atoms with van der Waals surface area (Å²) in [5.74, 6) is -0.835. The second-order valence-corrected chi connectivity index (χ2v) is 4.85. The van der Waals surface area contributed by atoms with Crippen LogP contribution in [-0.4, -0.2) is 25.2 Å². The van der Waals surface area contributed by atoms with E-state index >= 15 is 0 Å². The number of esters is 2. The maximum absolute atomic E-state index is 12.3. The molecule has 0 aliphatic rings. The first-order valence-corrected chi connectivity index (χ1v) is 7.43. The topological polar surface area (TPSA) is 52.6 Å². The lowest BCUT2D eigenvalue weighted by Crippen LogP contribution is -2.42. The molecule has 4 heteroatoms. The van der Waals surface area contributed by atoms with Gasteiger partial charge in [0.05, 0.1) is 13.2 Å². The Hall–Kier alpha value is -1.06. The molecule has 0 N–H and O–H groups in total. The molecule has 0 aromatic heterocycles. The Morgan fingerprint density at radius 3 is 1.37 bits per heavy atom. The van der Waals surface area contributed by atoms with Crippen molar-refractivity contribution in [3.05, 3.63) is 0 Å².